The molecule has 2 aromatic heterocycles. The number of rotatable bonds is 10. The van der Waals surface area contributed by atoms with Crippen LogP contribution in [0.5, 0.6) is 0 Å². The van der Waals surface area contributed by atoms with E-state index in [0.717, 1.165) is 23.8 Å². The lowest BCUT2D eigenvalue weighted by Crippen LogP contribution is -2.50. The van der Waals surface area contributed by atoms with Crippen molar-refractivity contribution in [2.75, 3.05) is 50.8 Å². The number of likely N-dealkylation sites (tertiary alicyclic amines) is 2. The van der Waals surface area contributed by atoms with Crippen LogP contribution in [0.2, 0.25) is 0 Å². The molecule has 3 fully saturated rings. The molecule has 234 valence electrons. The number of hydrogen-bond acceptors (Lipinski definition) is 9. The molecule has 3 aliphatic rings. The van der Waals surface area contributed by atoms with Gasteiger partial charge in [0.15, 0.2) is 0 Å². The van der Waals surface area contributed by atoms with Crippen LogP contribution in [-0.2, 0) is 22.7 Å². The van der Waals surface area contributed by atoms with Crippen molar-refractivity contribution < 1.29 is 31.1 Å². The standard InChI is InChI=1S/C26H38F4N8O3S/c1-25(2,39)16-37-12-17(10-32-37)23-20(26(28,29)30)11-31-24(34-23)33-22-5-7-38(15-21(22)27)42(40,41)8-4-6-36-14-18-9-19(36)13-35(18)3/h10-12,18-19,21-22,39H,4-9,13-16H2,1-3H3,(H,31,33,34)/t18-,19-,21+,22-/m0/s1. The van der Waals surface area contributed by atoms with E-state index in [2.05, 4.69) is 37.2 Å². The zero-order valence-corrected chi connectivity index (χ0v) is 24.7. The van der Waals surface area contributed by atoms with Crippen LogP contribution in [-0.4, -0.2) is 123 Å². The molecular weight excluding hydrogens is 580 g/mol. The van der Waals surface area contributed by atoms with Crippen molar-refractivity contribution in [3.05, 3.63) is 24.2 Å². The molecule has 5 rings (SSSR count). The molecule has 0 amide bonds. The maximum Gasteiger partial charge on any atom is 0.419 e. The van der Waals surface area contributed by atoms with Gasteiger partial charge in [-0.1, -0.05) is 0 Å². The van der Waals surface area contributed by atoms with Gasteiger partial charge in [-0.25, -0.2) is 22.8 Å². The third kappa shape index (κ3) is 7.04. The van der Waals surface area contributed by atoms with Gasteiger partial charge in [0.25, 0.3) is 0 Å². The Kier molecular flexibility index (Phi) is 8.57. The number of anilines is 1. The van der Waals surface area contributed by atoms with Crippen molar-refractivity contribution in [3.8, 4) is 11.3 Å². The number of nitrogens with zero attached hydrogens (tertiary/aromatic N) is 7. The third-order valence-electron chi connectivity index (χ3n) is 8.24. The molecule has 3 aliphatic heterocycles. The van der Waals surface area contributed by atoms with Crippen LogP contribution in [0.15, 0.2) is 18.6 Å². The third-order valence-corrected chi connectivity index (χ3v) is 10.2. The Hall–Kier alpha value is -2.40. The predicted molar refractivity (Wildman–Crippen MR) is 148 cm³/mol. The number of aromatic nitrogens is 4. The number of aliphatic hydroxyl groups is 1. The topological polar surface area (TPSA) is 120 Å². The number of piperidine rings is 1. The highest BCUT2D eigenvalue weighted by Gasteiger charge is 2.41. The van der Waals surface area contributed by atoms with Crippen LogP contribution in [0.3, 0.4) is 0 Å². The number of fused-ring (bicyclic) bond motifs is 2. The molecule has 0 radical (unpaired) electrons. The van der Waals surface area contributed by atoms with E-state index in [-0.39, 0.29) is 43.3 Å². The molecule has 16 heteroatoms. The highest BCUT2D eigenvalue weighted by atomic mass is 32.2. The zero-order valence-electron chi connectivity index (χ0n) is 23.9. The van der Waals surface area contributed by atoms with Crippen molar-refractivity contribution in [2.45, 2.75) is 75.7 Å². The number of halogens is 4. The second-order valence-corrected chi connectivity index (χ2v) is 14.3. The second-order valence-electron chi connectivity index (χ2n) is 12.3. The lowest BCUT2D eigenvalue weighted by atomic mass is 10.1. The van der Waals surface area contributed by atoms with Crippen LogP contribution in [0, 0.1) is 0 Å². The lowest BCUT2D eigenvalue weighted by Gasteiger charge is -2.35. The Morgan fingerprint density at radius 1 is 1.14 bits per heavy atom. The summed E-state index contributed by atoms with van der Waals surface area (Å²) in [6, 6.07) is 0.124. The first kappa shape index (κ1) is 31.0. The maximum absolute atomic E-state index is 15.2. The largest absolute Gasteiger partial charge is 0.419 e. The van der Waals surface area contributed by atoms with Gasteiger partial charge in [0.05, 0.1) is 35.8 Å². The summed E-state index contributed by atoms with van der Waals surface area (Å²) in [5.74, 6) is -0.267. The number of alkyl halides is 4. The summed E-state index contributed by atoms with van der Waals surface area (Å²) in [7, 11) is -1.55. The molecule has 0 saturated carbocycles. The van der Waals surface area contributed by atoms with Gasteiger partial charge in [0.2, 0.25) is 16.0 Å². The number of hydrogen-bond donors (Lipinski definition) is 2. The van der Waals surface area contributed by atoms with E-state index in [0.29, 0.717) is 31.2 Å². The number of piperazine rings is 1. The molecule has 4 atom stereocenters. The van der Waals surface area contributed by atoms with Gasteiger partial charge in [-0.2, -0.15) is 22.6 Å². The van der Waals surface area contributed by atoms with E-state index in [4.69, 9.17) is 0 Å². The van der Waals surface area contributed by atoms with Crippen LogP contribution >= 0.6 is 0 Å². The van der Waals surface area contributed by atoms with E-state index in [1.54, 1.807) is 13.8 Å². The van der Waals surface area contributed by atoms with Crippen molar-refractivity contribution in [2.24, 2.45) is 0 Å². The van der Waals surface area contributed by atoms with Crippen molar-refractivity contribution in [1.29, 1.82) is 0 Å². The molecule has 0 spiro atoms. The molecule has 0 aliphatic carbocycles. The Morgan fingerprint density at radius 3 is 2.52 bits per heavy atom. The smallest absolute Gasteiger partial charge is 0.389 e. The van der Waals surface area contributed by atoms with E-state index in [9.17, 15) is 26.7 Å². The Balaban J connectivity index is 1.20. The highest BCUT2D eigenvalue weighted by molar-refractivity contribution is 7.89. The first-order chi connectivity index (χ1) is 19.6. The van der Waals surface area contributed by atoms with Crippen LogP contribution in [0.25, 0.3) is 11.3 Å². The van der Waals surface area contributed by atoms with Gasteiger partial charge in [0, 0.05) is 56.2 Å². The Morgan fingerprint density at radius 2 is 1.90 bits per heavy atom. The summed E-state index contributed by atoms with van der Waals surface area (Å²) in [5, 5.41) is 16.8. The monoisotopic (exact) mass is 618 g/mol. The molecule has 5 heterocycles. The van der Waals surface area contributed by atoms with E-state index < -0.39 is 45.3 Å². The van der Waals surface area contributed by atoms with Crippen molar-refractivity contribution >= 4 is 16.0 Å². The summed E-state index contributed by atoms with van der Waals surface area (Å²) in [6.45, 7) is 5.50. The van der Waals surface area contributed by atoms with E-state index in [1.165, 1.54) is 17.1 Å². The van der Waals surface area contributed by atoms with E-state index >= 15 is 4.39 Å². The molecule has 11 nitrogen and oxygen atoms in total. The molecular formula is C26H38F4N8O3S. The van der Waals surface area contributed by atoms with Gasteiger partial charge < -0.3 is 15.3 Å². The first-order valence-corrected chi connectivity index (χ1v) is 15.7. The molecule has 0 unspecified atom stereocenters. The SMILES string of the molecule is CN1C[C@@H]2C[C@H]1CN2CCCS(=O)(=O)N1CC[C@H](Nc2ncc(C(F)(F)F)c(-c3cnn(CC(C)(C)O)c3)n2)[C@H](F)C1. The fourth-order valence-corrected chi connectivity index (χ4v) is 7.61. The highest BCUT2D eigenvalue weighted by Crippen LogP contribution is 2.36. The van der Waals surface area contributed by atoms with Crippen molar-refractivity contribution in [1.82, 2.24) is 33.9 Å². The summed E-state index contributed by atoms with van der Waals surface area (Å²) in [6.07, 6.45) is -1.49. The minimum Gasteiger partial charge on any atom is -0.389 e. The van der Waals surface area contributed by atoms with E-state index in [1.807, 2.05) is 0 Å². The molecule has 2 aromatic rings. The number of likely N-dealkylation sites (N-methyl/N-ethyl adjacent to an activating group) is 1. The zero-order chi connectivity index (χ0) is 30.4. The lowest BCUT2D eigenvalue weighted by molar-refractivity contribution is -0.137. The Bertz CT molecular complexity index is 1360. The van der Waals surface area contributed by atoms with Gasteiger partial charge in [-0.05, 0) is 46.7 Å². The summed E-state index contributed by atoms with van der Waals surface area (Å²) in [4.78, 5) is 12.5. The number of sulfonamides is 1. The van der Waals surface area contributed by atoms with Crippen molar-refractivity contribution in [3.63, 3.8) is 0 Å². The predicted octanol–water partition coefficient (Wildman–Crippen LogP) is 2.06. The molecule has 0 aromatic carbocycles. The fraction of sp³-hybridized carbons (Fsp3) is 0.731. The van der Waals surface area contributed by atoms with Crippen LogP contribution < -0.4 is 5.32 Å². The quantitative estimate of drug-likeness (QED) is 0.386. The maximum atomic E-state index is 15.2. The van der Waals surface area contributed by atoms with Gasteiger partial charge in [-0.15, -0.1) is 0 Å². The average molecular weight is 619 g/mol. The van der Waals surface area contributed by atoms with Gasteiger partial charge in [-0.3, -0.25) is 9.58 Å². The normalized spacial score (nSPS) is 26.3. The average Bonchev–Trinajstić information content (AvgIpc) is 3.59. The summed E-state index contributed by atoms with van der Waals surface area (Å²) < 4.78 is 84.9. The number of nitrogens with one attached hydrogen (secondary N) is 1. The molecule has 2 bridgehead atoms. The molecule has 2 N–H and O–H groups in total. The Labute approximate surface area is 242 Å². The van der Waals surface area contributed by atoms with Crippen LogP contribution in [0.1, 0.15) is 38.7 Å². The molecule has 3 saturated heterocycles. The second kappa shape index (κ2) is 11.6. The van der Waals surface area contributed by atoms with Crippen LogP contribution in [0.4, 0.5) is 23.5 Å². The fourth-order valence-electron chi connectivity index (χ4n) is 6.11. The summed E-state index contributed by atoms with van der Waals surface area (Å²) >= 11 is 0. The minimum absolute atomic E-state index is 0.0480. The van der Waals surface area contributed by atoms with Gasteiger partial charge in [0.1, 0.15) is 11.7 Å². The molecule has 42 heavy (non-hydrogen) atoms. The van der Waals surface area contributed by atoms with Gasteiger partial charge >= 0.3 is 6.18 Å². The summed E-state index contributed by atoms with van der Waals surface area (Å²) in [5.41, 5.74) is -2.60. The first-order valence-electron chi connectivity index (χ1n) is 14.1. The minimum atomic E-state index is -4.75.